The molecule has 1 amide bonds. The number of rotatable bonds is 3. The van der Waals surface area contributed by atoms with Crippen LogP contribution in [0.2, 0.25) is 0 Å². The van der Waals surface area contributed by atoms with Crippen molar-refractivity contribution < 1.29 is 23.5 Å². The third-order valence-electron chi connectivity index (χ3n) is 4.40. The molecule has 1 spiro atoms. The van der Waals surface area contributed by atoms with Crippen LogP contribution < -0.4 is 5.32 Å². The Hall–Kier alpha value is -1.82. The van der Waals surface area contributed by atoms with Gasteiger partial charge in [-0.2, -0.15) is 0 Å². The van der Waals surface area contributed by atoms with Gasteiger partial charge in [-0.05, 0) is 26.0 Å². The smallest absolute Gasteiger partial charge is 0.307 e. The van der Waals surface area contributed by atoms with Crippen LogP contribution in [0, 0.1) is 5.92 Å². The maximum absolute atomic E-state index is 12.5. The van der Waals surface area contributed by atoms with Crippen molar-refractivity contribution >= 4 is 11.9 Å². The number of amides is 1. The molecule has 6 nitrogen and oxygen atoms in total. The summed E-state index contributed by atoms with van der Waals surface area (Å²) < 4.78 is 16.5. The van der Waals surface area contributed by atoms with Crippen molar-refractivity contribution in [3.05, 3.63) is 24.2 Å². The lowest BCUT2D eigenvalue weighted by Gasteiger charge is -2.43. The summed E-state index contributed by atoms with van der Waals surface area (Å²) >= 11 is 0. The zero-order valence-corrected chi connectivity index (χ0v) is 12.9. The van der Waals surface area contributed by atoms with Crippen LogP contribution in [0.15, 0.2) is 22.8 Å². The lowest BCUT2D eigenvalue weighted by molar-refractivity contribution is -0.179. The summed E-state index contributed by atoms with van der Waals surface area (Å²) in [7, 11) is 0. The molecule has 2 saturated heterocycles. The highest BCUT2D eigenvalue weighted by atomic mass is 16.6. The molecule has 3 rings (SSSR count). The average molecular weight is 307 g/mol. The second-order valence-corrected chi connectivity index (χ2v) is 6.63. The first-order chi connectivity index (χ1) is 10.4. The van der Waals surface area contributed by atoms with E-state index in [0.717, 1.165) is 0 Å². The van der Waals surface area contributed by atoms with Gasteiger partial charge in [0.15, 0.2) is 0 Å². The summed E-state index contributed by atoms with van der Waals surface area (Å²) in [4.78, 5) is 24.4. The van der Waals surface area contributed by atoms with Crippen LogP contribution in [0.4, 0.5) is 0 Å². The highest BCUT2D eigenvalue weighted by Gasteiger charge is 2.56. The molecule has 120 valence electrons. The Balaban J connectivity index is 1.72. The first-order valence-electron chi connectivity index (χ1n) is 7.56. The van der Waals surface area contributed by atoms with Crippen LogP contribution in [-0.2, 0) is 25.6 Å². The highest BCUT2D eigenvalue weighted by molar-refractivity contribution is 5.87. The Labute approximate surface area is 129 Å². The molecule has 1 aromatic heterocycles. The van der Waals surface area contributed by atoms with E-state index in [0.29, 0.717) is 31.8 Å². The standard InChI is InChI=1S/C16H21NO5/c1-15(2)10-16(5-7-21-15)12(8-13(18)22-16)14(19)17-9-11-4-3-6-20-11/h3-4,6,12H,5,7-10H2,1-2H3,(H,17,19). The second kappa shape index (κ2) is 5.43. The van der Waals surface area contributed by atoms with E-state index in [1.165, 1.54) is 0 Å². The van der Waals surface area contributed by atoms with Gasteiger partial charge in [-0.3, -0.25) is 9.59 Å². The van der Waals surface area contributed by atoms with Crippen LogP contribution in [0.3, 0.4) is 0 Å². The molecule has 3 heterocycles. The molecule has 2 atom stereocenters. The van der Waals surface area contributed by atoms with Crippen LogP contribution in [-0.4, -0.2) is 29.7 Å². The number of hydrogen-bond acceptors (Lipinski definition) is 5. The predicted octanol–water partition coefficient (Wildman–Crippen LogP) is 1.79. The fourth-order valence-electron chi connectivity index (χ4n) is 3.48. The fourth-order valence-corrected chi connectivity index (χ4v) is 3.48. The third kappa shape index (κ3) is 2.88. The zero-order valence-electron chi connectivity index (χ0n) is 12.9. The number of carbonyl (C=O) groups excluding carboxylic acids is 2. The molecule has 22 heavy (non-hydrogen) atoms. The van der Waals surface area contributed by atoms with E-state index < -0.39 is 17.1 Å². The average Bonchev–Trinajstić information content (AvgIpc) is 3.03. The van der Waals surface area contributed by atoms with E-state index in [4.69, 9.17) is 13.9 Å². The molecule has 2 aliphatic rings. The maximum atomic E-state index is 12.5. The first kappa shape index (κ1) is 15.1. The van der Waals surface area contributed by atoms with Gasteiger partial charge in [0.25, 0.3) is 0 Å². The topological polar surface area (TPSA) is 77.8 Å². The van der Waals surface area contributed by atoms with Crippen molar-refractivity contribution in [3.63, 3.8) is 0 Å². The van der Waals surface area contributed by atoms with Gasteiger partial charge < -0.3 is 19.2 Å². The summed E-state index contributed by atoms with van der Waals surface area (Å²) in [5.74, 6) is -0.270. The van der Waals surface area contributed by atoms with E-state index in [1.54, 1.807) is 18.4 Å². The Morgan fingerprint density at radius 1 is 1.45 bits per heavy atom. The largest absolute Gasteiger partial charge is 0.467 e. The van der Waals surface area contributed by atoms with Gasteiger partial charge in [0.2, 0.25) is 5.91 Å². The van der Waals surface area contributed by atoms with E-state index in [2.05, 4.69) is 5.32 Å². The van der Waals surface area contributed by atoms with E-state index in [9.17, 15) is 9.59 Å². The van der Waals surface area contributed by atoms with Crippen LogP contribution in [0.1, 0.15) is 38.9 Å². The molecule has 1 N–H and O–H groups in total. The highest BCUT2D eigenvalue weighted by Crippen LogP contribution is 2.45. The van der Waals surface area contributed by atoms with Gasteiger partial charge in [0.1, 0.15) is 11.4 Å². The zero-order chi connectivity index (χ0) is 15.8. The van der Waals surface area contributed by atoms with Gasteiger partial charge in [-0.15, -0.1) is 0 Å². The van der Waals surface area contributed by atoms with Gasteiger partial charge in [-0.1, -0.05) is 0 Å². The molecule has 0 aliphatic carbocycles. The van der Waals surface area contributed by atoms with E-state index >= 15 is 0 Å². The summed E-state index contributed by atoms with van der Waals surface area (Å²) in [6.45, 7) is 4.71. The summed E-state index contributed by atoms with van der Waals surface area (Å²) in [5, 5.41) is 2.84. The number of nitrogens with one attached hydrogen (secondary N) is 1. The Morgan fingerprint density at radius 2 is 2.27 bits per heavy atom. The second-order valence-electron chi connectivity index (χ2n) is 6.63. The number of furan rings is 1. The number of hydrogen-bond donors (Lipinski definition) is 1. The van der Waals surface area contributed by atoms with Crippen molar-refractivity contribution in [2.75, 3.05) is 6.61 Å². The molecule has 0 bridgehead atoms. The minimum Gasteiger partial charge on any atom is -0.467 e. The molecular formula is C16H21NO5. The third-order valence-corrected chi connectivity index (χ3v) is 4.40. The van der Waals surface area contributed by atoms with Crippen molar-refractivity contribution in [1.29, 1.82) is 0 Å². The lowest BCUT2D eigenvalue weighted by atomic mass is 9.75. The molecule has 0 radical (unpaired) electrons. The number of carbonyl (C=O) groups is 2. The Bertz CT molecular complexity index is 565. The normalized spacial score (nSPS) is 30.3. The molecule has 2 aliphatic heterocycles. The summed E-state index contributed by atoms with van der Waals surface area (Å²) in [5.41, 5.74) is -1.14. The fraction of sp³-hybridized carbons (Fsp3) is 0.625. The van der Waals surface area contributed by atoms with Crippen LogP contribution in [0.5, 0.6) is 0 Å². The minimum absolute atomic E-state index is 0.125. The summed E-state index contributed by atoms with van der Waals surface area (Å²) in [6.07, 6.45) is 2.78. The minimum atomic E-state index is -0.744. The van der Waals surface area contributed by atoms with Crippen molar-refractivity contribution in [2.24, 2.45) is 5.92 Å². The monoisotopic (exact) mass is 307 g/mol. The van der Waals surface area contributed by atoms with Gasteiger partial charge >= 0.3 is 5.97 Å². The SMILES string of the molecule is CC1(C)CC2(CCO1)OC(=O)CC2C(=O)NCc1ccco1. The Morgan fingerprint density at radius 3 is 2.95 bits per heavy atom. The van der Waals surface area contributed by atoms with Crippen molar-refractivity contribution in [1.82, 2.24) is 5.32 Å². The number of esters is 1. The molecule has 2 unspecified atom stereocenters. The lowest BCUT2D eigenvalue weighted by Crippen LogP contribution is -2.52. The Kier molecular flexibility index (Phi) is 3.72. The van der Waals surface area contributed by atoms with E-state index in [1.807, 2.05) is 13.8 Å². The van der Waals surface area contributed by atoms with E-state index in [-0.39, 0.29) is 18.3 Å². The maximum Gasteiger partial charge on any atom is 0.307 e. The predicted molar refractivity (Wildman–Crippen MR) is 76.7 cm³/mol. The van der Waals surface area contributed by atoms with Gasteiger partial charge in [-0.25, -0.2) is 0 Å². The first-order valence-corrected chi connectivity index (χ1v) is 7.56. The quantitative estimate of drug-likeness (QED) is 0.861. The summed E-state index contributed by atoms with van der Waals surface area (Å²) in [6, 6.07) is 3.57. The van der Waals surface area contributed by atoms with Crippen LogP contribution >= 0.6 is 0 Å². The van der Waals surface area contributed by atoms with Gasteiger partial charge in [0, 0.05) is 12.8 Å². The molecule has 1 aromatic rings. The number of ether oxygens (including phenoxy) is 2. The van der Waals surface area contributed by atoms with Gasteiger partial charge in [0.05, 0.1) is 37.4 Å². The molecular weight excluding hydrogens is 286 g/mol. The molecule has 0 aromatic carbocycles. The van der Waals surface area contributed by atoms with Crippen molar-refractivity contribution in [2.45, 2.75) is 50.9 Å². The molecule has 6 heteroatoms. The van der Waals surface area contributed by atoms with Crippen LogP contribution in [0.25, 0.3) is 0 Å². The molecule has 0 saturated carbocycles. The van der Waals surface area contributed by atoms with Crippen molar-refractivity contribution in [3.8, 4) is 0 Å². The molecule has 2 fully saturated rings.